The van der Waals surface area contributed by atoms with E-state index in [-0.39, 0.29) is 12.5 Å². The molecule has 0 bridgehead atoms. The van der Waals surface area contributed by atoms with Gasteiger partial charge in [0.25, 0.3) is 5.91 Å². The van der Waals surface area contributed by atoms with E-state index in [0.29, 0.717) is 38.0 Å². The van der Waals surface area contributed by atoms with Crippen molar-refractivity contribution in [3.8, 4) is 5.69 Å². The number of aromatic nitrogens is 3. The predicted molar refractivity (Wildman–Crippen MR) is 143 cm³/mol. The lowest BCUT2D eigenvalue weighted by atomic mass is 10.0. The highest BCUT2D eigenvalue weighted by Gasteiger charge is 2.18. The summed E-state index contributed by atoms with van der Waals surface area (Å²) in [4.78, 5) is 13.1. The molecule has 35 heavy (non-hydrogen) atoms. The Morgan fingerprint density at radius 2 is 1.66 bits per heavy atom. The number of benzene rings is 4. The number of nitrogens with one attached hydrogen (secondary N) is 1. The number of hydrogen-bond acceptors (Lipinski definition) is 4. The fraction of sp³-hybridized carbons (Fsp3) is 0.0741. The van der Waals surface area contributed by atoms with Crippen LogP contribution in [0.4, 0.5) is 0 Å². The van der Waals surface area contributed by atoms with Crippen molar-refractivity contribution in [3.05, 3.63) is 118 Å². The van der Waals surface area contributed by atoms with Gasteiger partial charge >= 0.3 is 0 Å². The Morgan fingerprint density at radius 3 is 2.49 bits per heavy atom. The summed E-state index contributed by atoms with van der Waals surface area (Å²) in [6.07, 6.45) is 0. The number of nitrogens with zero attached hydrogens (tertiary/aromatic N) is 3. The van der Waals surface area contributed by atoms with Crippen molar-refractivity contribution in [2.24, 2.45) is 0 Å². The van der Waals surface area contributed by atoms with Gasteiger partial charge in [-0.15, -0.1) is 10.2 Å². The van der Waals surface area contributed by atoms with Crippen molar-refractivity contribution >= 4 is 51.6 Å². The van der Waals surface area contributed by atoms with Crippen LogP contribution in [0.2, 0.25) is 10.0 Å². The van der Waals surface area contributed by atoms with Crippen molar-refractivity contribution < 1.29 is 4.79 Å². The van der Waals surface area contributed by atoms with E-state index in [4.69, 9.17) is 23.2 Å². The third kappa shape index (κ3) is 5.20. The molecule has 0 aliphatic rings. The number of rotatable bonds is 7. The minimum atomic E-state index is -0.183. The molecule has 4 aromatic carbocycles. The molecule has 1 amide bonds. The lowest BCUT2D eigenvalue weighted by Gasteiger charge is -2.13. The Kier molecular flexibility index (Phi) is 7.04. The van der Waals surface area contributed by atoms with E-state index < -0.39 is 0 Å². The number of carbonyl (C=O) groups excluding carboxylic acids is 1. The number of fused-ring (bicyclic) bond motifs is 1. The first-order chi connectivity index (χ1) is 17.1. The molecule has 5 aromatic rings. The van der Waals surface area contributed by atoms with Gasteiger partial charge in [0.1, 0.15) is 0 Å². The lowest BCUT2D eigenvalue weighted by molar-refractivity contribution is 0.0951. The van der Waals surface area contributed by atoms with E-state index in [1.807, 2.05) is 71.3 Å². The highest BCUT2D eigenvalue weighted by atomic mass is 35.5. The summed E-state index contributed by atoms with van der Waals surface area (Å²) in [7, 11) is 0. The molecule has 174 valence electrons. The smallest absolute Gasteiger partial charge is 0.252 e. The third-order valence-electron chi connectivity index (χ3n) is 5.50. The fourth-order valence-corrected chi connectivity index (χ4v) is 5.23. The number of thioether (sulfide) groups is 1. The highest BCUT2D eigenvalue weighted by Crippen LogP contribution is 2.31. The van der Waals surface area contributed by atoms with Crippen LogP contribution >= 0.6 is 35.0 Å². The third-order valence-corrected chi connectivity index (χ3v) is 7.04. The molecular weight excluding hydrogens is 499 g/mol. The van der Waals surface area contributed by atoms with E-state index in [9.17, 15) is 4.79 Å². The Hall–Kier alpha value is -3.32. The van der Waals surface area contributed by atoms with Crippen LogP contribution in [0.3, 0.4) is 0 Å². The summed E-state index contributed by atoms with van der Waals surface area (Å²) in [5.41, 5.74) is 2.48. The van der Waals surface area contributed by atoms with Gasteiger partial charge in [0, 0.05) is 16.3 Å². The average molecular weight is 519 g/mol. The van der Waals surface area contributed by atoms with Gasteiger partial charge in [-0.3, -0.25) is 9.36 Å². The summed E-state index contributed by atoms with van der Waals surface area (Å²) in [6, 6.07) is 28.9. The topological polar surface area (TPSA) is 59.8 Å². The first-order valence-corrected chi connectivity index (χ1v) is 12.7. The summed E-state index contributed by atoms with van der Waals surface area (Å²) in [5, 5.41) is 15.4. The van der Waals surface area contributed by atoms with Crippen LogP contribution in [0.25, 0.3) is 16.5 Å². The molecule has 1 heterocycles. The van der Waals surface area contributed by atoms with Gasteiger partial charge in [-0.1, -0.05) is 102 Å². The van der Waals surface area contributed by atoms with Gasteiger partial charge in [0.15, 0.2) is 11.0 Å². The zero-order chi connectivity index (χ0) is 24.2. The van der Waals surface area contributed by atoms with E-state index in [1.54, 1.807) is 23.9 Å². The van der Waals surface area contributed by atoms with Crippen LogP contribution in [0.1, 0.15) is 21.7 Å². The van der Waals surface area contributed by atoms with Crippen LogP contribution in [0, 0.1) is 0 Å². The molecule has 0 saturated heterocycles. The molecule has 0 saturated carbocycles. The Labute approximate surface area is 217 Å². The van der Waals surface area contributed by atoms with Crippen LogP contribution in [0.5, 0.6) is 0 Å². The van der Waals surface area contributed by atoms with Crippen molar-refractivity contribution in [3.63, 3.8) is 0 Å². The summed E-state index contributed by atoms with van der Waals surface area (Å²) in [5.74, 6) is 1.10. The molecule has 1 N–H and O–H groups in total. The number of amides is 1. The SMILES string of the molecule is O=C(NCc1nnc(SCc2ccccc2)n1-c1ccc(Cl)cc1Cl)c1cccc2ccccc12. The van der Waals surface area contributed by atoms with Gasteiger partial charge in [-0.2, -0.15) is 0 Å². The molecule has 0 aliphatic carbocycles. The first-order valence-electron chi connectivity index (χ1n) is 10.9. The van der Waals surface area contributed by atoms with E-state index in [2.05, 4.69) is 27.6 Å². The second kappa shape index (κ2) is 10.5. The van der Waals surface area contributed by atoms with Crippen LogP contribution in [-0.4, -0.2) is 20.7 Å². The largest absolute Gasteiger partial charge is 0.345 e. The van der Waals surface area contributed by atoms with Crippen molar-refractivity contribution in [2.75, 3.05) is 0 Å². The van der Waals surface area contributed by atoms with Crippen molar-refractivity contribution in [1.82, 2.24) is 20.1 Å². The summed E-state index contributed by atoms with van der Waals surface area (Å²) >= 11 is 14.2. The number of hydrogen-bond donors (Lipinski definition) is 1. The maximum Gasteiger partial charge on any atom is 0.252 e. The molecule has 0 unspecified atom stereocenters. The van der Waals surface area contributed by atoms with Gasteiger partial charge in [0.2, 0.25) is 0 Å². The number of carbonyl (C=O) groups is 1. The highest BCUT2D eigenvalue weighted by molar-refractivity contribution is 7.98. The van der Waals surface area contributed by atoms with Gasteiger partial charge < -0.3 is 5.32 Å². The molecule has 0 atom stereocenters. The fourth-order valence-electron chi connectivity index (χ4n) is 3.81. The second-order valence-electron chi connectivity index (χ2n) is 7.81. The molecule has 0 spiro atoms. The lowest BCUT2D eigenvalue weighted by Crippen LogP contribution is -2.25. The summed E-state index contributed by atoms with van der Waals surface area (Å²) in [6.45, 7) is 0.180. The average Bonchev–Trinajstić information content (AvgIpc) is 3.28. The zero-order valence-corrected chi connectivity index (χ0v) is 20.8. The van der Waals surface area contributed by atoms with E-state index in [0.717, 1.165) is 10.8 Å². The van der Waals surface area contributed by atoms with Gasteiger partial charge in [-0.05, 0) is 40.6 Å². The van der Waals surface area contributed by atoms with Crippen LogP contribution in [0.15, 0.2) is 96.2 Å². The Morgan fingerprint density at radius 1 is 0.886 bits per heavy atom. The first kappa shape index (κ1) is 23.4. The normalized spacial score (nSPS) is 11.0. The zero-order valence-electron chi connectivity index (χ0n) is 18.5. The molecule has 0 aliphatic heterocycles. The maximum atomic E-state index is 13.1. The van der Waals surface area contributed by atoms with Crippen LogP contribution < -0.4 is 5.32 Å². The van der Waals surface area contributed by atoms with Gasteiger partial charge in [0.05, 0.1) is 17.3 Å². The van der Waals surface area contributed by atoms with E-state index >= 15 is 0 Å². The Bertz CT molecular complexity index is 1500. The Balaban J connectivity index is 1.44. The van der Waals surface area contributed by atoms with E-state index in [1.165, 1.54) is 5.56 Å². The van der Waals surface area contributed by atoms with Crippen molar-refractivity contribution in [1.29, 1.82) is 0 Å². The summed E-state index contributed by atoms with van der Waals surface area (Å²) < 4.78 is 1.87. The monoisotopic (exact) mass is 518 g/mol. The maximum absolute atomic E-state index is 13.1. The molecule has 0 fully saturated rings. The minimum absolute atomic E-state index is 0.180. The molecule has 0 radical (unpaired) electrons. The predicted octanol–water partition coefficient (Wildman–Crippen LogP) is 6.95. The number of halogens is 2. The molecule has 8 heteroatoms. The van der Waals surface area contributed by atoms with Crippen LogP contribution in [-0.2, 0) is 12.3 Å². The molecule has 5 rings (SSSR count). The second-order valence-corrected chi connectivity index (χ2v) is 9.60. The van der Waals surface area contributed by atoms with Crippen molar-refractivity contribution in [2.45, 2.75) is 17.5 Å². The standard InChI is InChI=1S/C27H20Cl2N4OS/c28-20-13-14-24(23(29)15-20)33-25(31-32-27(33)35-17-18-7-2-1-3-8-18)16-30-26(34)22-12-6-10-19-9-4-5-11-21(19)22/h1-15H,16-17H2,(H,30,34). The van der Waals surface area contributed by atoms with Gasteiger partial charge in [-0.25, -0.2) is 0 Å². The minimum Gasteiger partial charge on any atom is -0.345 e. The quantitative estimate of drug-likeness (QED) is 0.237. The molecular formula is C27H20Cl2N4OS. The molecule has 1 aromatic heterocycles. The molecule has 5 nitrogen and oxygen atoms in total.